The van der Waals surface area contributed by atoms with Crippen LogP contribution in [0.25, 0.3) is 0 Å². The van der Waals surface area contributed by atoms with Crippen LogP contribution >= 0.6 is 11.8 Å². The van der Waals surface area contributed by atoms with Gasteiger partial charge in [0, 0.05) is 20.6 Å². The fourth-order valence-electron chi connectivity index (χ4n) is 0.994. The Balaban J connectivity index is 2.45. The molecule has 0 aromatic rings. The van der Waals surface area contributed by atoms with E-state index in [0.717, 1.165) is 12.2 Å². The highest BCUT2D eigenvalue weighted by Crippen LogP contribution is 2.38. The van der Waals surface area contributed by atoms with Crippen LogP contribution < -0.4 is 0 Å². The second-order valence-electron chi connectivity index (χ2n) is 2.04. The normalized spacial score (nSPS) is 24.7. The van der Waals surface area contributed by atoms with Crippen LogP contribution in [0.15, 0.2) is 0 Å². The molecule has 0 bridgehead atoms. The Morgan fingerprint density at radius 2 is 2.00 bits per heavy atom. The molecule has 0 aliphatic carbocycles. The van der Waals surface area contributed by atoms with E-state index in [4.69, 9.17) is 9.47 Å². The van der Waals surface area contributed by atoms with E-state index in [0.29, 0.717) is 0 Å². The van der Waals surface area contributed by atoms with E-state index >= 15 is 0 Å². The number of rotatable bonds is 2. The van der Waals surface area contributed by atoms with E-state index in [9.17, 15) is 0 Å². The number of methoxy groups -OCH3 is 2. The molecule has 54 valence electrons. The van der Waals surface area contributed by atoms with E-state index in [1.54, 1.807) is 26.0 Å². The van der Waals surface area contributed by atoms with Gasteiger partial charge in [-0.25, -0.2) is 0 Å². The predicted octanol–water partition coefficient (Wildman–Crippen LogP) is 1.46. The Labute approximate surface area is 59.9 Å². The van der Waals surface area contributed by atoms with Gasteiger partial charge in [0.05, 0.1) is 0 Å². The van der Waals surface area contributed by atoms with Crippen LogP contribution in [0, 0.1) is 0 Å². The molecule has 0 saturated carbocycles. The monoisotopic (exact) mass is 148 g/mol. The summed E-state index contributed by atoms with van der Waals surface area (Å²) in [6.45, 7) is 0. The number of hydrogen-bond acceptors (Lipinski definition) is 3. The maximum absolute atomic E-state index is 5.19. The van der Waals surface area contributed by atoms with Crippen molar-refractivity contribution in [1.82, 2.24) is 0 Å². The fourth-order valence-corrected chi connectivity index (χ4v) is 2.12. The van der Waals surface area contributed by atoms with E-state index in [1.807, 2.05) is 0 Å². The van der Waals surface area contributed by atoms with Crippen molar-refractivity contribution >= 4 is 11.8 Å². The van der Waals surface area contributed by atoms with Crippen molar-refractivity contribution < 1.29 is 9.47 Å². The zero-order valence-corrected chi connectivity index (χ0v) is 6.66. The van der Waals surface area contributed by atoms with E-state index in [-0.39, 0.29) is 5.12 Å². The molecular weight excluding hydrogens is 136 g/mol. The molecule has 0 aromatic carbocycles. The van der Waals surface area contributed by atoms with Crippen molar-refractivity contribution in [3.8, 4) is 0 Å². The third-order valence-corrected chi connectivity index (χ3v) is 3.04. The summed E-state index contributed by atoms with van der Waals surface area (Å²) in [5, 5.41) is -0.306. The molecule has 0 spiro atoms. The average Bonchev–Trinajstić information content (AvgIpc) is 2.36. The lowest BCUT2D eigenvalue weighted by molar-refractivity contribution is -0.133. The van der Waals surface area contributed by atoms with Gasteiger partial charge in [-0.3, -0.25) is 0 Å². The molecule has 2 nitrogen and oxygen atoms in total. The number of thioether (sulfide) groups is 1. The fraction of sp³-hybridized carbons (Fsp3) is 1.00. The lowest BCUT2D eigenvalue weighted by Gasteiger charge is -2.23. The first kappa shape index (κ1) is 7.38. The molecule has 1 saturated heterocycles. The summed E-state index contributed by atoms with van der Waals surface area (Å²) in [6.07, 6.45) is 2.22. The van der Waals surface area contributed by atoms with Gasteiger partial charge in [-0.15, -0.1) is 0 Å². The quantitative estimate of drug-likeness (QED) is 0.552. The molecule has 0 atom stereocenters. The Morgan fingerprint density at radius 3 is 2.22 bits per heavy atom. The van der Waals surface area contributed by atoms with Crippen LogP contribution in [0.5, 0.6) is 0 Å². The molecule has 1 rings (SSSR count). The van der Waals surface area contributed by atoms with Gasteiger partial charge in [0.25, 0.3) is 0 Å². The molecule has 1 aliphatic heterocycles. The van der Waals surface area contributed by atoms with Crippen molar-refractivity contribution in [3.63, 3.8) is 0 Å². The third-order valence-electron chi connectivity index (χ3n) is 1.57. The largest absolute Gasteiger partial charge is 0.345 e. The Kier molecular flexibility index (Phi) is 2.38. The molecule has 1 fully saturated rings. The van der Waals surface area contributed by atoms with Gasteiger partial charge in [-0.05, 0) is 12.2 Å². The lowest BCUT2D eigenvalue weighted by Crippen LogP contribution is -2.25. The van der Waals surface area contributed by atoms with Crippen molar-refractivity contribution in [3.05, 3.63) is 0 Å². The molecule has 1 aliphatic rings. The van der Waals surface area contributed by atoms with Gasteiger partial charge in [0.15, 0.2) is 0 Å². The molecule has 0 amide bonds. The minimum Gasteiger partial charge on any atom is -0.345 e. The average molecular weight is 148 g/mol. The lowest BCUT2D eigenvalue weighted by atomic mass is 10.3. The first-order valence-electron chi connectivity index (χ1n) is 3.07. The second kappa shape index (κ2) is 2.90. The number of hydrogen-bond donors (Lipinski definition) is 0. The maximum Gasteiger partial charge on any atom is 0.217 e. The van der Waals surface area contributed by atoms with Crippen LogP contribution in [0.2, 0.25) is 0 Å². The molecular formula is C6H12O2S. The van der Waals surface area contributed by atoms with Crippen LogP contribution in [0.4, 0.5) is 0 Å². The van der Waals surface area contributed by atoms with Crippen molar-refractivity contribution in [2.24, 2.45) is 0 Å². The Hall–Kier alpha value is 0.270. The van der Waals surface area contributed by atoms with Crippen molar-refractivity contribution in [1.29, 1.82) is 0 Å². The summed E-state index contributed by atoms with van der Waals surface area (Å²) >= 11 is 1.75. The Bertz CT molecular complexity index is 83.1. The van der Waals surface area contributed by atoms with Gasteiger partial charge < -0.3 is 9.47 Å². The van der Waals surface area contributed by atoms with E-state index in [2.05, 4.69) is 0 Å². The van der Waals surface area contributed by atoms with Crippen LogP contribution in [-0.4, -0.2) is 25.1 Å². The first-order chi connectivity index (χ1) is 4.33. The molecule has 0 N–H and O–H groups in total. The van der Waals surface area contributed by atoms with Gasteiger partial charge in [-0.2, -0.15) is 0 Å². The highest BCUT2D eigenvalue weighted by atomic mass is 32.2. The zero-order valence-electron chi connectivity index (χ0n) is 5.85. The van der Waals surface area contributed by atoms with Crippen LogP contribution in [0.1, 0.15) is 12.8 Å². The predicted molar refractivity (Wildman–Crippen MR) is 38.4 cm³/mol. The maximum atomic E-state index is 5.19. The Morgan fingerprint density at radius 1 is 1.33 bits per heavy atom. The smallest absolute Gasteiger partial charge is 0.217 e. The summed E-state index contributed by atoms with van der Waals surface area (Å²) in [5.74, 6) is 1.15. The summed E-state index contributed by atoms with van der Waals surface area (Å²) in [7, 11) is 3.39. The molecule has 0 unspecified atom stereocenters. The van der Waals surface area contributed by atoms with Gasteiger partial charge >= 0.3 is 0 Å². The zero-order chi connectivity index (χ0) is 6.74. The van der Waals surface area contributed by atoms with Crippen molar-refractivity contribution in [2.75, 3.05) is 20.0 Å². The molecule has 9 heavy (non-hydrogen) atoms. The summed E-state index contributed by atoms with van der Waals surface area (Å²) in [5.41, 5.74) is 0. The third kappa shape index (κ3) is 1.39. The highest BCUT2D eigenvalue weighted by Gasteiger charge is 2.34. The highest BCUT2D eigenvalue weighted by molar-refractivity contribution is 8.00. The molecule has 0 radical (unpaired) electrons. The van der Waals surface area contributed by atoms with Crippen LogP contribution in [0.3, 0.4) is 0 Å². The minimum absolute atomic E-state index is 0.306. The van der Waals surface area contributed by atoms with Crippen molar-refractivity contribution in [2.45, 2.75) is 18.0 Å². The van der Waals surface area contributed by atoms with E-state index < -0.39 is 0 Å². The topological polar surface area (TPSA) is 18.5 Å². The SMILES string of the molecule is COC1(OC)CCCS1. The summed E-state index contributed by atoms with van der Waals surface area (Å²) in [4.78, 5) is 0. The first-order valence-corrected chi connectivity index (χ1v) is 4.06. The molecule has 3 heteroatoms. The van der Waals surface area contributed by atoms with Gasteiger partial charge in [0.1, 0.15) is 0 Å². The number of ether oxygens (including phenoxy) is 2. The molecule has 0 aromatic heterocycles. The minimum atomic E-state index is -0.306. The molecule has 1 heterocycles. The van der Waals surface area contributed by atoms with E-state index in [1.165, 1.54) is 6.42 Å². The van der Waals surface area contributed by atoms with Crippen LogP contribution in [-0.2, 0) is 9.47 Å². The summed E-state index contributed by atoms with van der Waals surface area (Å²) in [6, 6.07) is 0. The standard InChI is InChI=1S/C6H12O2S/c1-7-6(8-2)4-3-5-9-6/h3-5H2,1-2H3. The van der Waals surface area contributed by atoms with Gasteiger partial charge in [-0.1, -0.05) is 11.8 Å². The second-order valence-corrected chi connectivity index (χ2v) is 3.36. The van der Waals surface area contributed by atoms with Gasteiger partial charge in [0.2, 0.25) is 5.12 Å². The summed E-state index contributed by atoms with van der Waals surface area (Å²) < 4.78 is 10.4.